The van der Waals surface area contributed by atoms with Gasteiger partial charge in [-0.25, -0.2) is 8.42 Å². The van der Waals surface area contributed by atoms with E-state index >= 15 is 0 Å². The van der Waals surface area contributed by atoms with Crippen LogP contribution in [0.25, 0.3) is 10.6 Å². The first-order valence-corrected chi connectivity index (χ1v) is 11.7. The van der Waals surface area contributed by atoms with Crippen molar-refractivity contribution in [3.8, 4) is 10.6 Å². The molecule has 0 N–H and O–H groups in total. The summed E-state index contributed by atoms with van der Waals surface area (Å²) in [5, 5.41) is 6.71. The van der Waals surface area contributed by atoms with Crippen molar-refractivity contribution in [3.05, 3.63) is 53.5 Å². The molecule has 2 aromatic heterocycles. The Morgan fingerprint density at radius 2 is 1.89 bits per heavy atom. The number of sulfonamides is 1. The Morgan fingerprint density at radius 1 is 1.07 bits per heavy atom. The van der Waals surface area contributed by atoms with E-state index < -0.39 is 10.0 Å². The summed E-state index contributed by atoms with van der Waals surface area (Å²) in [6, 6.07) is 12.0. The molecule has 1 aromatic carbocycles. The van der Waals surface area contributed by atoms with Crippen molar-refractivity contribution in [2.75, 3.05) is 10.8 Å². The minimum Gasteiger partial charge on any atom is -0.268 e. The number of anilines is 1. The second-order valence-corrected chi connectivity index (χ2v) is 9.97. The Morgan fingerprint density at radius 3 is 2.67 bits per heavy atom. The fraction of sp³-hybridized carbons (Fsp3) is 0.350. The van der Waals surface area contributed by atoms with E-state index in [4.69, 9.17) is 5.10 Å². The lowest BCUT2D eigenvalue weighted by Crippen LogP contribution is -2.29. The first kappa shape index (κ1) is 17.0. The van der Waals surface area contributed by atoms with Crippen LogP contribution in [0.3, 0.4) is 0 Å². The fourth-order valence-corrected chi connectivity index (χ4v) is 6.61. The number of benzene rings is 1. The van der Waals surface area contributed by atoms with Gasteiger partial charge in [-0.2, -0.15) is 5.10 Å². The van der Waals surface area contributed by atoms with Gasteiger partial charge in [0.05, 0.1) is 16.6 Å². The number of aromatic nitrogens is 2. The van der Waals surface area contributed by atoms with Gasteiger partial charge in [0, 0.05) is 12.7 Å². The van der Waals surface area contributed by atoms with Gasteiger partial charge < -0.3 is 0 Å². The maximum Gasteiger partial charge on any atom is 0.268 e. The third-order valence-corrected chi connectivity index (χ3v) is 8.26. The number of rotatable bonds is 4. The van der Waals surface area contributed by atoms with Crippen LogP contribution < -0.4 is 4.31 Å². The number of nitrogens with zero attached hydrogens (tertiary/aromatic N) is 3. The topological polar surface area (TPSA) is 55.2 Å². The van der Waals surface area contributed by atoms with Crippen LogP contribution in [-0.2, 0) is 16.4 Å². The Hall–Kier alpha value is -2.12. The molecule has 0 atom stereocenters. The summed E-state index contributed by atoms with van der Waals surface area (Å²) in [6.45, 7) is 0.486. The predicted molar refractivity (Wildman–Crippen MR) is 108 cm³/mol. The number of fused-ring (bicyclic) bond motifs is 1. The molecule has 140 valence electrons. The number of thiophene rings is 1. The Balaban J connectivity index is 1.63. The lowest BCUT2D eigenvalue weighted by Gasteiger charge is -2.19. The summed E-state index contributed by atoms with van der Waals surface area (Å²) >= 11 is 1.53. The summed E-state index contributed by atoms with van der Waals surface area (Å²) in [5.41, 5.74) is 2.46. The van der Waals surface area contributed by atoms with Gasteiger partial charge in [0.15, 0.2) is 0 Å². The van der Waals surface area contributed by atoms with Crippen LogP contribution in [0.5, 0.6) is 0 Å². The molecule has 1 fully saturated rings. The lowest BCUT2D eigenvalue weighted by molar-refractivity contribution is 0.467. The van der Waals surface area contributed by atoms with Crippen LogP contribution in [0.4, 0.5) is 5.69 Å². The van der Waals surface area contributed by atoms with Crippen molar-refractivity contribution in [1.82, 2.24) is 9.78 Å². The molecule has 0 saturated heterocycles. The molecule has 5 nitrogen and oxygen atoms in total. The summed E-state index contributed by atoms with van der Waals surface area (Å²) < 4.78 is 30.7. The maximum atomic E-state index is 13.6. The van der Waals surface area contributed by atoms with E-state index in [0.29, 0.717) is 23.2 Å². The Bertz CT molecular complexity index is 1060. The molecule has 7 heteroatoms. The molecule has 0 amide bonds. The second kappa shape index (κ2) is 6.49. The summed E-state index contributed by atoms with van der Waals surface area (Å²) in [7, 11) is -3.66. The average molecular weight is 400 g/mol. The molecule has 0 spiro atoms. The zero-order chi connectivity index (χ0) is 18.4. The van der Waals surface area contributed by atoms with Crippen molar-refractivity contribution < 1.29 is 8.42 Å². The number of hydrogen-bond acceptors (Lipinski definition) is 4. The third kappa shape index (κ3) is 2.80. The molecule has 1 saturated carbocycles. The SMILES string of the molecule is O=S(=O)(c1cn(C2CCCC2)nc1-c1cccs1)N1CCc2ccccc21. The zero-order valence-electron chi connectivity index (χ0n) is 14.9. The Kier molecular flexibility index (Phi) is 4.09. The number of hydrogen-bond donors (Lipinski definition) is 0. The van der Waals surface area contributed by atoms with Gasteiger partial charge in [-0.05, 0) is 42.3 Å². The molecule has 0 radical (unpaired) electrons. The van der Waals surface area contributed by atoms with E-state index in [1.807, 2.05) is 46.5 Å². The minimum atomic E-state index is -3.66. The zero-order valence-corrected chi connectivity index (χ0v) is 16.5. The smallest absolute Gasteiger partial charge is 0.268 e. The average Bonchev–Trinajstić information content (AvgIpc) is 3.48. The summed E-state index contributed by atoms with van der Waals surface area (Å²) in [4.78, 5) is 1.23. The standard InChI is InChI=1S/C20H21N3O2S2/c24-27(25,23-12-11-15-6-1-4-9-17(15)23)19-14-22(16-7-2-3-8-16)21-20(19)18-10-5-13-26-18/h1,4-6,9-10,13-14,16H,2-3,7-8,11-12H2. The van der Waals surface area contributed by atoms with E-state index in [9.17, 15) is 8.42 Å². The first-order chi connectivity index (χ1) is 13.1. The van der Waals surface area contributed by atoms with Crippen LogP contribution in [0.15, 0.2) is 52.9 Å². The molecule has 2 aliphatic rings. The lowest BCUT2D eigenvalue weighted by atomic mass is 10.2. The fourth-order valence-electron chi connectivity index (χ4n) is 4.18. The Labute approximate surface area is 163 Å². The molecule has 1 aliphatic heterocycles. The van der Waals surface area contributed by atoms with E-state index in [1.165, 1.54) is 24.2 Å². The highest BCUT2D eigenvalue weighted by Crippen LogP contribution is 2.38. The molecule has 0 bridgehead atoms. The largest absolute Gasteiger partial charge is 0.268 e. The molecular weight excluding hydrogens is 378 g/mol. The minimum absolute atomic E-state index is 0.304. The van der Waals surface area contributed by atoms with E-state index in [2.05, 4.69) is 0 Å². The van der Waals surface area contributed by atoms with Gasteiger partial charge in [-0.3, -0.25) is 8.99 Å². The van der Waals surface area contributed by atoms with Gasteiger partial charge >= 0.3 is 0 Å². The molecule has 3 aromatic rings. The molecule has 1 aliphatic carbocycles. The van der Waals surface area contributed by atoms with Crippen molar-refractivity contribution in [3.63, 3.8) is 0 Å². The van der Waals surface area contributed by atoms with Crippen LogP contribution in [0.2, 0.25) is 0 Å². The molecular formula is C20H21N3O2S2. The van der Waals surface area contributed by atoms with Gasteiger partial charge in [0.25, 0.3) is 10.0 Å². The number of para-hydroxylation sites is 1. The predicted octanol–water partition coefficient (Wildman–Crippen LogP) is 4.48. The van der Waals surface area contributed by atoms with Crippen molar-refractivity contribution >= 4 is 27.0 Å². The summed E-state index contributed by atoms with van der Waals surface area (Å²) in [5.74, 6) is 0. The van der Waals surface area contributed by atoms with Crippen LogP contribution in [0.1, 0.15) is 37.3 Å². The quantitative estimate of drug-likeness (QED) is 0.650. The molecule has 0 unspecified atom stereocenters. The van der Waals surface area contributed by atoms with Crippen molar-refractivity contribution in [2.24, 2.45) is 0 Å². The monoisotopic (exact) mass is 399 g/mol. The second-order valence-electron chi connectivity index (χ2n) is 7.19. The van der Waals surface area contributed by atoms with Gasteiger partial charge in [-0.1, -0.05) is 37.1 Å². The van der Waals surface area contributed by atoms with Gasteiger partial charge in [0.1, 0.15) is 10.6 Å². The third-order valence-electron chi connectivity index (χ3n) is 5.56. The molecule has 3 heterocycles. The van der Waals surface area contributed by atoms with E-state index in [1.54, 1.807) is 10.5 Å². The van der Waals surface area contributed by atoms with Crippen LogP contribution in [0, 0.1) is 0 Å². The van der Waals surface area contributed by atoms with Crippen molar-refractivity contribution in [1.29, 1.82) is 0 Å². The molecule has 5 rings (SSSR count). The van der Waals surface area contributed by atoms with E-state index in [-0.39, 0.29) is 0 Å². The van der Waals surface area contributed by atoms with E-state index in [0.717, 1.165) is 35.4 Å². The van der Waals surface area contributed by atoms with Gasteiger partial charge in [-0.15, -0.1) is 11.3 Å². The highest BCUT2D eigenvalue weighted by molar-refractivity contribution is 7.93. The first-order valence-electron chi connectivity index (χ1n) is 9.38. The van der Waals surface area contributed by atoms with Crippen molar-refractivity contribution in [2.45, 2.75) is 43.0 Å². The van der Waals surface area contributed by atoms with Crippen LogP contribution in [-0.4, -0.2) is 24.7 Å². The van der Waals surface area contributed by atoms with Gasteiger partial charge in [0.2, 0.25) is 0 Å². The summed E-state index contributed by atoms with van der Waals surface area (Å²) in [6.07, 6.45) is 7.01. The van der Waals surface area contributed by atoms with Crippen LogP contribution >= 0.6 is 11.3 Å². The molecule has 27 heavy (non-hydrogen) atoms. The highest BCUT2D eigenvalue weighted by atomic mass is 32.2. The normalized spacial score (nSPS) is 17.6. The highest BCUT2D eigenvalue weighted by Gasteiger charge is 2.35. The maximum absolute atomic E-state index is 13.6.